The Kier molecular flexibility index (Phi) is 6.01. The maximum absolute atomic E-state index is 12.5. The van der Waals surface area contributed by atoms with Crippen molar-refractivity contribution in [3.05, 3.63) is 76.3 Å². The first-order valence-corrected chi connectivity index (χ1v) is 11.9. The van der Waals surface area contributed by atoms with Crippen molar-refractivity contribution in [3.63, 3.8) is 0 Å². The molecule has 2 N–H and O–H groups in total. The number of anilines is 2. The summed E-state index contributed by atoms with van der Waals surface area (Å²) in [5.74, 6) is -0.254. The third kappa shape index (κ3) is 4.74. The molecule has 0 aliphatic carbocycles. The molecular formula is C25H26N4O2S. The van der Waals surface area contributed by atoms with Crippen molar-refractivity contribution in [3.8, 4) is 0 Å². The highest BCUT2D eigenvalue weighted by atomic mass is 32.1. The minimum atomic E-state index is -0.174. The molecule has 0 fully saturated rings. The third-order valence-electron chi connectivity index (χ3n) is 6.14. The molecule has 5 rings (SSSR count). The Morgan fingerprint density at radius 1 is 1.16 bits per heavy atom. The number of nitrogens with one attached hydrogen (secondary N) is 2. The molecule has 0 saturated heterocycles. The first kappa shape index (κ1) is 20.8. The van der Waals surface area contributed by atoms with E-state index in [1.54, 1.807) is 11.3 Å². The highest BCUT2D eigenvalue weighted by Crippen LogP contribution is 2.30. The molecule has 2 aromatic carbocycles. The molecule has 6 nitrogen and oxygen atoms in total. The average Bonchev–Trinajstić information content (AvgIpc) is 3.19. The van der Waals surface area contributed by atoms with E-state index in [4.69, 9.17) is 0 Å². The van der Waals surface area contributed by atoms with Crippen molar-refractivity contribution in [1.82, 2.24) is 9.88 Å². The Hall–Kier alpha value is -3.03. The second-order valence-electron chi connectivity index (χ2n) is 8.47. The first-order valence-electron chi connectivity index (χ1n) is 11.1. The van der Waals surface area contributed by atoms with Crippen LogP contribution in [-0.4, -0.2) is 28.2 Å². The lowest BCUT2D eigenvalue weighted by Gasteiger charge is -2.25. The fourth-order valence-electron chi connectivity index (χ4n) is 4.41. The van der Waals surface area contributed by atoms with Crippen molar-refractivity contribution in [2.75, 3.05) is 17.2 Å². The quantitative estimate of drug-likeness (QED) is 0.594. The van der Waals surface area contributed by atoms with Crippen LogP contribution in [0.2, 0.25) is 0 Å². The highest BCUT2D eigenvalue weighted by molar-refractivity contribution is 7.15. The fourth-order valence-corrected chi connectivity index (χ4v) is 5.48. The first-order chi connectivity index (χ1) is 15.6. The number of benzene rings is 2. The normalized spacial score (nSPS) is 17.9. The Morgan fingerprint density at radius 2 is 1.97 bits per heavy atom. The van der Waals surface area contributed by atoms with Crippen LogP contribution in [0.5, 0.6) is 0 Å². The van der Waals surface area contributed by atoms with Gasteiger partial charge in [-0.25, -0.2) is 4.98 Å². The van der Waals surface area contributed by atoms with Gasteiger partial charge in [-0.3, -0.25) is 14.5 Å². The molecule has 7 heteroatoms. The molecule has 164 valence electrons. The summed E-state index contributed by atoms with van der Waals surface area (Å²) in [6, 6.07) is 18.3. The molecule has 1 aromatic heterocycles. The minimum absolute atomic E-state index is 0.000259. The van der Waals surface area contributed by atoms with Gasteiger partial charge in [0.1, 0.15) is 0 Å². The van der Waals surface area contributed by atoms with Crippen LogP contribution in [-0.2, 0) is 35.5 Å². The number of rotatable bonds is 6. The van der Waals surface area contributed by atoms with E-state index >= 15 is 0 Å². The summed E-state index contributed by atoms with van der Waals surface area (Å²) in [4.78, 5) is 33.2. The van der Waals surface area contributed by atoms with Gasteiger partial charge >= 0.3 is 0 Å². The molecule has 2 amide bonds. The number of amides is 2. The maximum atomic E-state index is 12.5. The predicted molar refractivity (Wildman–Crippen MR) is 127 cm³/mol. The molecule has 0 radical (unpaired) electrons. The molecule has 1 atom stereocenters. The molecule has 2 aliphatic heterocycles. The summed E-state index contributed by atoms with van der Waals surface area (Å²) in [5, 5.41) is 6.57. The molecule has 0 bridgehead atoms. The Bertz CT molecular complexity index is 1130. The average molecular weight is 447 g/mol. The number of carbonyl (C=O) groups is 2. The van der Waals surface area contributed by atoms with Crippen LogP contribution in [0.4, 0.5) is 10.8 Å². The number of thiazole rings is 1. The number of nitrogens with zero attached hydrogens (tertiary/aromatic N) is 2. The van der Waals surface area contributed by atoms with Crippen molar-refractivity contribution < 1.29 is 9.59 Å². The third-order valence-corrected chi connectivity index (χ3v) is 7.14. The van der Waals surface area contributed by atoms with Gasteiger partial charge in [0.25, 0.3) is 0 Å². The second-order valence-corrected chi connectivity index (χ2v) is 9.55. The van der Waals surface area contributed by atoms with Gasteiger partial charge in [-0.2, -0.15) is 0 Å². The number of carbonyl (C=O) groups excluding carboxylic acids is 2. The lowest BCUT2D eigenvalue weighted by atomic mass is 9.89. The summed E-state index contributed by atoms with van der Waals surface area (Å²) in [7, 11) is 0. The molecule has 3 heterocycles. The van der Waals surface area contributed by atoms with E-state index in [-0.39, 0.29) is 17.7 Å². The minimum Gasteiger partial charge on any atom is -0.326 e. The van der Waals surface area contributed by atoms with Gasteiger partial charge in [0.2, 0.25) is 11.8 Å². The van der Waals surface area contributed by atoms with E-state index in [1.807, 2.05) is 30.3 Å². The van der Waals surface area contributed by atoms with Crippen molar-refractivity contribution in [1.29, 1.82) is 0 Å². The molecule has 3 aromatic rings. The van der Waals surface area contributed by atoms with Gasteiger partial charge in [0.05, 0.1) is 5.69 Å². The molecular weight excluding hydrogens is 420 g/mol. The summed E-state index contributed by atoms with van der Waals surface area (Å²) < 4.78 is 0. The van der Waals surface area contributed by atoms with E-state index in [0.717, 1.165) is 43.0 Å². The van der Waals surface area contributed by atoms with Gasteiger partial charge in [-0.15, -0.1) is 11.3 Å². The van der Waals surface area contributed by atoms with Gasteiger partial charge in [0.15, 0.2) is 5.13 Å². The van der Waals surface area contributed by atoms with E-state index in [0.29, 0.717) is 24.4 Å². The number of para-hydroxylation sites is 1. The second kappa shape index (κ2) is 9.22. The molecule has 0 saturated carbocycles. The SMILES string of the molecule is O=C(CC[C@@H]1Cc2ccccc2NC1=O)Nc1nc2c(s1)CN(Cc1ccccc1)CC2. The smallest absolute Gasteiger partial charge is 0.227 e. The van der Waals surface area contributed by atoms with Crippen LogP contribution in [0, 0.1) is 5.92 Å². The summed E-state index contributed by atoms with van der Waals surface area (Å²) in [6.45, 7) is 2.75. The van der Waals surface area contributed by atoms with Crippen molar-refractivity contribution >= 4 is 34.0 Å². The summed E-state index contributed by atoms with van der Waals surface area (Å²) in [5.41, 5.74) is 4.42. The standard InChI is InChI=1S/C25H26N4O2S/c30-23(11-10-19-14-18-8-4-5-9-20(18)26-24(19)31)28-25-27-21-12-13-29(16-22(21)32-25)15-17-6-2-1-3-7-17/h1-9,19H,10-16H2,(H,26,31)(H,27,28,30)/t19-/m1/s1. The Labute approximate surface area is 191 Å². The number of hydrogen-bond acceptors (Lipinski definition) is 5. The number of fused-ring (bicyclic) bond motifs is 2. The van der Waals surface area contributed by atoms with Crippen LogP contribution in [0.15, 0.2) is 54.6 Å². The summed E-state index contributed by atoms with van der Waals surface area (Å²) in [6.07, 6.45) is 2.42. The molecule has 0 unspecified atom stereocenters. The van der Waals surface area contributed by atoms with Crippen LogP contribution in [0.1, 0.15) is 34.5 Å². The molecule has 2 aliphatic rings. The zero-order chi connectivity index (χ0) is 21.9. The van der Waals surface area contributed by atoms with Crippen LogP contribution in [0.25, 0.3) is 0 Å². The van der Waals surface area contributed by atoms with Crippen molar-refractivity contribution in [2.24, 2.45) is 5.92 Å². The van der Waals surface area contributed by atoms with E-state index in [2.05, 4.69) is 44.8 Å². The fraction of sp³-hybridized carbons (Fsp3) is 0.320. The maximum Gasteiger partial charge on any atom is 0.227 e. The number of aromatic nitrogens is 1. The van der Waals surface area contributed by atoms with E-state index in [9.17, 15) is 9.59 Å². The largest absolute Gasteiger partial charge is 0.326 e. The predicted octanol–water partition coefficient (Wildman–Crippen LogP) is 4.23. The van der Waals surface area contributed by atoms with E-state index < -0.39 is 0 Å². The molecule has 0 spiro atoms. The van der Waals surface area contributed by atoms with Crippen LogP contribution in [0.3, 0.4) is 0 Å². The van der Waals surface area contributed by atoms with Crippen LogP contribution < -0.4 is 10.6 Å². The van der Waals surface area contributed by atoms with Gasteiger partial charge in [0, 0.05) is 49.0 Å². The Morgan fingerprint density at radius 3 is 2.84 bits per heavy atom. The monoisotopic (exact) mass is 446 g/mol. The van der Waals surface area contributed by atoms with Crippen molar-refractivity contribution in [2.45, 2.75) is 38.8 Å². The van der Waals surface area contributed by atoms with Gasteiger partial charge < -0.3 is 10.6 Å². The highest BCUT2D eigenvalue weighted by Gasteiger charge is 2.27. The Balaban J connectivity index is 1.14. The van der Waals surface area contributed by atoms with Gasteiger partial charge in [-0.05, 0) is 30.0 Å². The van der Waals surface area contributed by atoms with Gasteiger partial charge in [-0.1, -0.05) is 48.5 Å². The zero-order valence-electron chi connectivity index (χ0n) is 17.8. The number of hydrogen-bond donors (Lipinski definition) is 2. The topological polar surface area (TPSA) is 74.3 Å². The lowest BCUT2D eigenvalue weighted by Crippen LogP contribution is -2.30. The zero-order valence-corrected chi connectivity index (χ0v) is 18.7. The summed E-state index contributed by atoms with van der Waals surface area (Å²) >= 11 is 1.57. The van der Waals surface area contributed by atoms with E-state index in [1.165, 1.54) is 10.4 Å². The van der Waals surface area contributed by atoms with Crippen LogP contribution >= 0.6 is 11.3 Å². The lowest BCUT2D eigenvalue weighted by molar-refractivity contribution is -0.121. The molecule has 32 heavy (non-hydrogen) atoms.